The monoisotopic (exact) mass is 350 g/mol. The molecule has 5 heteroatoms. The van der Waals surface area contributed by atoms with E-state index in [1.165, 1.54) is 0 Å². The van der Waals surface area contributed by atoms with Crippen LogP contribution in [-0.4, -0.2) is 23.8 Å². The highest BCUT2D eigenvalue weighted by atomic mass is 35.5. The standard InChI is InChI=1S/C19H23ClO4/c1-12(16(23-2)13-7-6-8-14(20)11-13)15-17(21)19(24-18(15)22)9-4-3-5-10-19/h6-8,11-12,16,21H,3-5,9-10H2,1-2H3/t12-,16+/m1/s1. The molecule has 130 valence electrons. The summed E-state index contributed by atoms with van der Waals surface area (Å²) in [6, 6.07) is 7.37. The number of esters is 1. The van der Waals surface area contributed by atoms with Gasteiger partial charge in [0.25, 0.3) is 0 Å². The van der Waals surface area contributed by atoms with Gasteiger partial charge in [-0.2, -0.15) is 0 Å². The molecule has 1 aliphatic carbocycles. The summed E-state index contributed by atoms with van der Waals surface area (Å²) in [5, 5.41) is 11.4. The maximum Gasteiger partial charge on any atom is 0.338 e. The van der Waals surface area contributed by atoms with Crippen LogP contribution in [0.25, 0.3) is 0 Å². The molecule has 0 unspecified atom stereocenters. The molecule has 2 atom stereocenters. The van der Waals surface area contributed by atoms with E-state index in [4.69, 9.17) is 21.1 Å². The number of carbonyl (C=O) groups is 1. The van der Waals surface area contributed by atoms with E-state index in [1.54, 1.807) is 13.2 Å². The van der Waals surface area contributed by atoms with E-state index in [1.807, 2.05) is 25.1 Å². The van der Waals surface area contributed by atoms with Gasteiger partial charge in [0.15, 0.2) is 5.60 Å². The van der Waals surface area contributed by atoms with Crippen molar-refractivity contribution in [3.8, 4) is 0 Å². The number of aliphatic hydroxyl groups is 1. The molecule has 24 heavy (non-hydrogen) atoms. The number of hydrogen-bond donors (Lipinski definition) is 1. The molecule has 1 heterocycles. The molecule has 4 nitrogen and oxygen atoms in total. The first-order valence-corrected chi connectivity index (χ1v) is 8.81. The third-order valence-electron chi connectivity index (χ3n) is 5.20. The average Bonchev–Trinajstić information content (AvgIpc) is 2.79. The maximum absolute atomic E-state index is 12.5. The van der Waals surface area contributed by atoms with Crippen molar-refractivity contribution >= 4 is 17.6 Å². The van der Waals surface area contributed by atoms with E-state index in [9.17, 15) is 9.90 Å². The van der Waals surface area contributed by atoms with Gasteiger partial charge in [0, 0.05) is 18.1 Å². The summed E-state index contributed by atoms with van der Waals surface area (Å²) < 4.78 is 11.3. The zero-order valence-corrected chi connectivity index (χ0v) is 14.8. The van der Waals surface area contributed by atoms with E-state index in [2.05, 4.69) is 0 Å². The second-order valence-corrected chi connectivity index (χ2v) is 7.14. The number of methoxy groups -OCH3 is 1. The number of hydrogen-bond acceptors (Lipinski definition) is 4. The van der Waals surface area contributed by atoms with Crippen molar-refractivity contribution < 1.29 is 19.4 Å². The van der Waals surface area contributed by atoms with Gasteiger partial charge in [-0.3, -0.25) is 0 Å². The van der Waals surface area contributed by atoms with Crippen LogP contribution in [0.1, 0.15) is 50.7 Å². The maximum atomic E-state index is 12.5. The van der Waals surface area contributed by atoms with Gasteiger partial charge >= 0.3 is 5.97 Å². The molecule has 0 saturated heterocycles. The van der Waals surface area contributed by atoms with E-state index < -0.39 is 11.6 Å². The first-order valence-electron chi connectivity index (χ1n) is 8.44. The summed E-state index contributed by atoms with van der Waals surface area (Å²) >= 11 is 6.08. The van der Waals surface area contributed by atoms with Crippen LogP contribution in [0.2, 0.25) is 5.02 Å². The second kappa shape index (κ2) is 6.77. The molecule has 1 aromatic rings. The van der Waals surface area contributed by atoms with E-state index in [-0.39, 0.29) is 17.8 Å². The van der Waals surface area contributed by atoms with Gasteiger partial charge in [-0.1, -0.05) is 37.1 Å². The first kappa shape index (κ1) is 17.3. The summed E-state index contributed by atoms with van der Waals surface area (Å²) in [4.78, 5) is 12.5. The second-order valence-electron chi connectivity index (χ2n) is 6.71. The number of carbonyl (C=O) groups excluding carboxylic acids is 1. The van der Waals surface area contributed by atoms with E-state index >= 15 is 0 Å². The van der Waals surface area contributed by atoms with Gasteiger partial charge in [-0.15, -0.1) is 0 Å². The minimum absolute atomic E-state index is 0.101. The fourth-order valence-corrected chi connectivity index (χ4v) is 4.15. The molecule has 1 fully saturated rings. The molecule has 1 aliphatic heterocycles. The zero-order valence-electron chi connectivity index (χ0n) is 14.0. The lowest BCUT2D eigenvalue weighted by molar-refractivity contribution is -0.151. The smallest absolute Gasteiger partial charge is 0.338 e. The third-order valence-corrected chi connectivity index (χ3v) is 5.43. The lowest BCUT2D eigenvalue weighted by Gasteiger charge is -2.31. The minimum atomic E-state index is -0.814. The molecule has 0 radical (unpaired) electrons. The van der Waals surface area contributed by atoms with Crippen molar-refractivity contribution in [3.63, 3.8) is 0 Å². The molecule has 1 aromatic carbocycles. The van der Waals surface area contributed by atoms with Gasteiger partial charge in [0.2, 0.25) is 0 Å². The van der Waals surface area contributed by atoms with Crippen LogP contribution in [0.4, 0.5) is 0 Å². The fourth-order valence-electron chi connectivity index (χ4n) is 3.95. The summed E-state index contributed by atoms with van der Waals surface area (Å²) in [6.07, 6.45) is 4.03. The number of aliphatic hydroxyl groups excluding tert-OH is 1. The number of halogens is 1. The highest BCUT2D eigenvalue weighted by Crippen LogP contribution is 2.46. The normalized spacial score (nSPS) is 22.5. The van der Waals surface area contributed by atoms with Crippen molar-refractivity contribution in [1.82, 2.24) is 0 Å². The van der Waals surface area contributed by atoms with Crippen molar-refractivity contribution in [3.05, 3.63) is 46.2 Å². The van der Waals surface area contributed by atoms with Crippen LogP contribution in [0.5, 0.6) is 0 Å². The molecule has 3 rings (SSSR count). The molecule has 1 N–H and O–H groups in total. The Morgan fingerprint density at radius 2 is 2.00 bits per heavy atom. The van der Waals surface area contributed by atoms with Crippen LogP contribution in [0.3, 0.4) is 0 Å². The summed E-state index contributed by atoms with van der Waals surface area (Å²) in [6.45, 7) is 1.88. The first-order chi connectivity index (χ1) is 11.5. The molecule has 1 spiro atoms. The quantitative estimate of drug-likeness (QED) is 0.797. The topological polar surface area (TPSA) is 55.8 Å². The molecular formula is C19H23ClO4. The van der Waals surface area contributed by atoms with Gasteiger partial charge in [-0.25, -0.2) is 4.79 Å². The lowest BCUT2D eigenvalue weighted by Crippen LogP contribution is -2.34. The number of benzene rings is 1. The van der Waals surface area contributed by atoms with Crippen molar-refractivity contribution in [2.75, 3.05) is 7.11 Å². The Morgan fingerprint density at radius 1 is 1.29 bits per heavy atom. The molecule has 0 bridgehead atoms. The lowest BCUT2D eigenvalue weighted by atomic mass is 9.81. The number of ether oxygens (including phenoxy) is 2. The molecule has 0 amide bonds. The van der Waals surface area contributed by atoms with Gasteiger partial charge in [0.1, 0.15) is 5.76 Å². The van der Waals surface area contributed by atoms with Gasteiger partial charge < -0.3 is 14.6 Å². The SMILES string of the molecule is CO[C@H](c1cccc(Cl)c1)[C@H](C)C1=C(O)C2(CCCCC2)OC1=O. The average molecular weight is 351 g/mol. The summed E-state index contributed by atoms with van der Waals surface area (Å²) in [5.41, 5.74) is 0.393. The fraction of sp³-hybridized carbons (Fsp3) is 0.526. The van der Waals surface area contributed by atoms with Crippen LogP contribution in [-0.2, 0) is 14.3 Å². The third kappa shape index (κ3) is 2.93. The van der Waals surface area contributed by atoms with Crippen LogP contribution < -0.4 is 0 Å². The van der Waals surface area contributed by atoms with Gasteiger partial charge in [-0.05, 0) is 43.4 Å². The van der Waals surface area contributed by atoms with Crippen molar-refractivity contribution in [2.45, 2.75) is 50.7 Å². The molecule has 1 saturated carbocycles. The van der Waals surface area contributed by atoms with Crippen LogP contribution in [0, 0.1) is 5.92 Å². The summed E-state index contributed by atoms with van der Waals surface area (Å²) in [5.74, 6) is -0.656. The van der Waals surface area contributed by atoms with Gasteiger partial charge in [0.05, 0.1) is 11.7 Å². The minimum Gasteiger partial charge on any atom is -0.507 e. The van der Waals surface area contributed by atoms with E-state index in [0.29, 0.717) is 23.4 Å². The molecule has 2 aliphatic rings. The van der Waals surface area contributed by atoms with Crippen LogP contribution >= 0.6 is 11.6 Å². The van der Waals surface area contributed by atoms with Crippen LogP contribution in [0.15, 0.2) is 35.6 Å². The Hall–Kier alpha value is -1.52. The Kier molecular flexibility index (Phi) is 4.88. The predicted octanol–water partition coefficient (Wildman–Crippen LogP) is 4.74. The Morgan fingerprint density at radius 3 is 2.62 bits per heavy atom. The Bertz CT molecular complexity index is 661. The number of rotatable bonds is 4. The molecule has 0 aromatic heterocycles. The zero-order chi connectivity index (χ0) is 17.3. The largest absolute Gasteiger partial charge is 0.507 e. The van der Waals surface area contributed by atoms with E-state index in [0.717, 1.165) is 24.8 Å². The molecular weight excluding hydrogens is 328 g/mol. The Labute approximate surface area is 147 Å². The summed E-state index contributed by atoms with van der Waals surface area (Å²) in [7, 11) is 1.59. The highest BCUT2D eigenvalue weighted by molar-refractivity contribution is 6.30. The highest BCUT2D eigenvalue weighted by Gasteiger charge is 2.50. The van der Waals surface area contributed by atoms with Crippen molar-refractivity contribution in [2.24, 2.45) is 5.92 Å². The van der Waals surface area contributed by atoms with Crippen molar-refractivity contribution in [1.29, 1.82) is 0 Å². The Balaban J connectivity index is 1.94. The predicted molar refractivity (Wildman–Crippen MR) is 91.9 cm³/mol.